The van der Waals surface area contributed by atoms with Crippen molar-refractivity contribution in [2.75, 3.05) is 19.4 Å². The minimum atomic E-state index is -2.91. The maximum atomic E-state index is 12.3. The van der Waals surface area contributed by atoms with E-state index in [4.69, 9.17) is 9.05 Å². The maximum absolute atomic E-state index is 12.3. The Labute approximate surface area is 99.8 Å². The van der Waals surface area contributed by atoms with Gasteiger partial charge in [0.1, 0.15) is 0 Å². The molecular weight excluding hydrogens is 223 g/mol. The van der Waals surface area contributed by atoms with Crippen molar-refractivity contribution in [3.8, 4) is 0 Å². The Bertz CT molecular complexity index is 255. The average Bonchev–Trinajstić information content (AvgIpc) is 2.19. The third-order valence-electron chi connectivity index (χ3n) is 2.54. The first kappa shape index (κ1) is 15.9. The quantitative estimate of drug-likeness (QED) is 0.472. The summed E-state index contributed by atoms with van der Waals surface area (Å²) in [5, 5.41) is 0. The van der Waals surface area contributed by atoms with E-state index < -0.39 is 7.60 Å². The van der Waals surface area contributed by atoms with Crippen LogP contribution in [0.4, 0.5) is 0 Å². The number of hydrogen-bond donors (Lipinski definition) is 0. The molecule has 4 heteroatoms. The predicted octanol–water partition coefficient (Wildman–Crippen LogP) is 4.39. The lowest BCUT2D eigenvalue weighted by molar-refractivity contribution is 0.222. The fraction of sp³-hybridized carbons (Fsp3) is 0.833. The maximum Gasteiger partial charge on any atom is 0.334 e. The highest BCUT2D eigenvalue weighted by molar-refractivity contribution is 7.54. The Morgan fingerprint density at radius 1 is 1.00 bits per heavy atom. The molecule has 0 aromatic rings. The summed E-state index contributed by atoms with van der Waals surface area (Å²) in [5.41, 5.74) is 2.50. The zero-order valence-electron chi connectivity index (χ0n) is 11.2. The summed E-state index contributed by atoms with van der Waals surface area (Å²) < 4.78 is 22.8. The van der Waals surface area contributed by atoms with Gasteiger partial charge in [-0.3, -0.25) is 4.57 Å². The summed E-state index contributed by atoms with van der Waals surface area (Å²) >= 11 is 0. The monoisotopic (exact) mass is 248 g/mol. The zero-order chi connectivity index (χ0) is 12.6. The van der Waals surface area contributed by atoms with E-state index >= 15 is 0 Å². The first-order valence-electron chi connectivity index (χ1n) is 6.08. The Morgan fingerprint density at radius 3 is 1.75 bits per heavy atom. The molecule has 0 aliphatic carbocycles. The molecule has 0 fully saturated rings. The van der Waals surface area contributed by atoms with Crippen LogP contribution in [0.3, 0.4) is 0 Å². The summed E-state index contributed by atoms with van der Waals surface area (Å²) in [7, 11) is -2.91. The molecule has 0 bridgehead atoms. The number of hydrogen-bond acceptors (Lipinski definition) is 3. The van der Waals surface area contributed by atoms with Crippen LogP contribution in [-0.4, -0.2) is 19.4 Å². The van der Waals surface area contributed by atoms with Crippen LogP contribution >= 0.6 is 7.60 Å². The van der Waals surface area contributed by atoms with E-state index in [0.29, 0.717) is 19.4 Å². The van der Waals surface area contributed by atoms with E-state index in [2.05, 4.69) is 13.8 Å². The number of rotatable bonds is 8. The Hall–Kier alpha value is -0.110. The molecule has 0 saturated carbocycles. The van der Waals surface area contributed by atoms with Crippen LogP contribution in [0.5, 0.6) is 0 Å². The summed E-state index contributed by atoms with van der Waals surface area (Å²) in [4.78, 5) is 0. The highest BCUT2D eigenvalue weighted by atomic mass is 31.2. The summed E-state index contributed by atoms with van der Waals surface area (Å²) in [6.45, 7) is 10.8. The second-order valence-electron chi connectivity index (χ2n) is 3.70. The fourth-order valence-corrected chi connectivity index (χ4v) is 3.63. The molecule has 0 aromatic heterocycles. The van der Waals surface area contributed by atoms with Crippen molar-refractivity contribution < 1.29 is 13.6 Å². The van der Waals surface area contributed by atoms with Crippen LogP contribution in [0, 0.1) is 0 Å². The average molecular weight is 248 g/mol. The van der Waals surface area contributed by atoms with Gasteiger partial charge in [0.15, 0.2) is 0 Å². The lowest BCUT2D eigenvalue weighted by Gasteiger charge is -2.18. The summed E-state index contributed by atoms with van der Waals surface area (Å²) in [6.07, 6.45) is 2.42. The van der Waals surface area contributed by atoms with Crippen molar-refractivity contribution in [3.05, 3.63) is 11.1 Å². The molecule has 0 aliphatic rings. The van der Waals surface area contributed by atoms with E-state index in [-0.39, 0.29) is 0 Å². The van der Waals surface area contributed by atoms with E-state index in [1.54, 1.807) is 0 Å². The summed E-state index contributed by atoms with van der Waals surface area (Å²) in [5.74, 6) is 0. The highest BCUT2D eigenvalue weighted by Crippen LogP contribution is 2.49. The molecule has 0 radical (unpaired) electrons. The fourth-order valence-electron chi connectivity index (χ4n) is 1.78. The van der Waals surface area contributed by atoms with Crippen molar-refractivity contribution >= 4 is 7.60 Å². The smallest absolute Gasteiger partial charge is 0.309 e. The topological polar surface area (TPSA) is 35.5 Å². The van der Waals surface area contributed by atoms with Crippen LogP contribution in [-0.2, 0) is 13.6 Å². The molecule has 0 N–H and O–H groups in total. The molecule has 0 unspecified atom stereocenters. The second-order valence-corrected chi connectivity index (χ2v) is 5.75. The molecular formula is C12H25O3P. The van der Waals surface area contributed by atoms with E-state index in [1.807, 2.05) is 20.8 Å². The van der Waals surface area contributed by atoms with Crippen molar-refractivity contribution in [3.63, 3.8) is 0 Å². The molecule has 0 aromatic carbocycles. The third kappa shape index (κ3) is 5.29. The van der Waals surface area contributed by atoms with E-state index in [9.17, 15) is 4.57 Å². The first-order chi connectivity index (χ1) is 7.52. The lowest BCUT2D eigenvalue weighted by atomic mass is 10.1. The molecule has 0 atom stereocenters. The van der Waals surface area contributed by atoms with Crippen molar-refractivity contribution in [1.29, 1.82) is 0 Å². The first-order valence-corrected chi connectivity index (χ1v) is 7.81. The predicted molar refractivity (Wildman–Crippen MR) is 69.0 cm³/mol. The van der Waals surface area contributed by atoms with Crippen LogP contribution in [0.15, 0.2) is 11.1 Å². The van der Waals surface area contributed by atoms with Crippen molar-refractivity contribution in [2.45, 2.75) is 47.5 Å². The van der Waals surface area contributed by atoms with Gasteiger partial charge in [-0.25, -0.2) is 0 Å². The van der Waals surface area contributed by atoms with Crippen LogP contribution < -0.4 is 0 Å². The second kappa shape index (κ2) is 8.05. The largest absolute Gasteiger partial charge is 0.334 e. The minimum absolute atomic E-state index is 0.422. The Balaban J connectivity index is 4.74. The third-order valence-corrected chi connectivity index (χ3v) is 4.70. The molecule has 0 heterocycles. The molecule has 16 heavy (non-hydrogen) atoms. The van der Waals surface area contributed by atoms with Crippen molar-refractivity contribution in [2.24, 2.45) is 0 Å². The lowest BCUT2D eigenvalue weighted by Crippen LogP contribution is -2.03. The Kier molecular flexibility index (Phi) is 8.00. The zero-order valence-corrected chi connectivity index (χ0v) is 12.1. The molecule has 0 spiro atoms. The van der Waals surface area contributed by atoms with Gasteiger partial charge in [-0.1, -0.05) is 25.0 Å². The van der Waals surface area contributed by atoms with Gasteiger partial charge in [0.05, 0.1) is 19.4 Å². The molecule has 0 rings (SSSR count). The Morgan fingerprint density at radius 2 is 1.44 bits per heavy atom. The highest BCUT2D eigenvalue weighted by Gasteiger charge is 2.24. The van der Waals surface area contributed by atoms with Gasteiger partial charge in [0.25, 0.3) is 0 Å². The van der Waals surface area contributed by atoms with Gasteiger partial charge in [-0.15, -0.1) is 0 Å². The van der Waals surface area contributed by atoms with Gasteiger partial charge in [0.2, 0.25) is 0 Å². The summed E-state index contributed by atoms with van der Waals surface area (Å²) in [6, 6.07) is 0. The van der Waals surface area contributed by atoms with Gasteiger partial charge >= 0.3 is 7.60 Å². The van der Waals surface area contributed by atoms with Crippen LogP contribution in [0.25, 0.3) is 0 Å². The van der Waals surface area contributed by atoms with E-state index in [0.717, 1.165) is 18.4 Å². The van der Waals surface area contributed by atoms with Crippen molar-refractivity contribution in [1.82, 2.24) is 0 Å². The SMILES string of the molecule is CCOP(=O)(CC(C)=C(CC)CC)OCC. The van der Waals surface area contributed by atoms with Gasteiger partial charge in [-0.05, 0) is 33.6 Å². The minimum Gasteiger partial charge on any atom is -0.309 e. The van der Waals surface area contributed by atoms with Crippen LogP contribution in [0.2, 0.25) is 0 Å². The van der Waals surface area contributed by atoms with Gasteiger partial charge in [-0.2, -0.15) is 0 Å². The molecule has 0 aliphatic heterocycles. The molecule has 0 amide bonds. The van der Waals surface area contributed by atoms with Gasteiger partial charge < -0.3 is 9.05 Å². The number of allylic oxidation sites excluding steroid dienone is 2. The van der Waals surface area contributed by atoms with Gasteiger partial charge in [0, 0.05) is 0 Å². The molecule has 3 nitrogen and oxygen atoms in total. The normalized spacial score (nSPS) is 11.6. The molecule has 96 valence electrons. The standard InChI is InChI=1S/C12H25O3P/c1-6-12(7-2)11(5)10-16(13,14-8-3)15-9-4/h6-10H2,1-5H3. The molecule has 0 saturated heterocycles. The van der Waals surface area contributed by atoms with E-state index in [1.165, 1.54) is 5.57 Å². The van der Waals surface area contributed by atoms with Crippen LogP contribution in [0.1, 0.15) is 47.5 Å².